The Morgan fingerprint density at radius 3 is 2.41 bits per heavy atom. The van der Waals surface area contributed by atoms with Gasteiger partial charge in [0.15, 0.2) is 0 Å². The third-order valence-electron chi connectivity index (χ3n) is 1.28. The molecule has 1 aromatic carbocycles. The molecule has 0 bridgehead atoms. The smallest absolute Gasteiger partial charge is 0.300 e. The van der Waals surface area contributed by atoms with E-state index in [1.165, 1.54) is 12.3 Å². The topological polar surface area (TPSA) is 114 Å². The van der Waals surface area contributed by atoms with E-state index in [0.29, 0.717) is 5.56 Å². The predicted molar refractivity (Wildman–Crippen MR) is 63.1 cm³/mol. The van der Waals surface area contributed by atoms with Gasteiger partial charge in [0, 0.05) is 12.5 Å². The molecule has 0 saturated heterocycles. The van der Waals surface area contributed by atoms with E-state index in [-0.39, 0.29) is 11.8 Å². The lowest BCUT2D eigenvalue weighted by Crippen LogP contribution is -2.21. The number of carboxylic acids is 1. The first-order valence-corrected chi connectivity index (χ1v) is 4.49. The molecule has 1 rings (SSSR count). The molecule has 0 aliphatic heterocycles. The average Bonchev–Trinajstić information content (AvgIpc) is 2.19. The monoisotopic (exact) mass is 240 g/mol. The van der Waals surface area contributed by atoms with Crippen LogP contribution in [0, 0.1) is 5.82 Å². The maximum atomic E-state index is 12.9. The van der Waals surface area contributed by atoms with Crippen LogP contribution in [0.1, 0.15) is 12.5 Å². The first-order valence-electron chi connectivity index (χ1n) is 4.49. The summed E-state index contributed by atoms with van der Waals surface area (Å²) in [6.45, 7) is 1.08. The Bertz CT molecular complexity index is 424. The van der Waals surface area contributed by atoms with Crippen LogP contribution < -0.4 is 11.5 Å². The molecule has 92 valence electrons. The second kappa shape index (κ2) is 7.80. The fourth-order valence-corrected chi connectivity index (χ4v) is 0.738. The minimum absolute atomic E-state index is 0.160. The number of carbonyl (C=O) groups is 1. The lowest BCUT2D eigenvalue weighted by atomic mass is 10.2. The van der Waals surface area contributed by atoms with Crippen LogP contribution in [0.2, 0.25) is 0 Å². The van der Waals surface area contributed by atoms with Crippen LogP contribution >= 0.6 is 0 Å². The SMILES string of the molecule is CC(=O)O.NC(N)=NN=Cc1ccccc1F. The van der Waals surface area contributed by atoms with Gasteiger partial charge in [-0.3, -0.25) is 4.79 Å². The number of guanidine groups is 1. The maximum absolute atomic E-state index is 12.9. The van der Waals surface area contributed by atoms with Crippen molar-refractivity contribution in [1.82, 2.24) is 0 Å². The van der Waals surface area contributed by atoms with Gasteiger partial charge in [0.05, 0.1) is 6.21 Å². The van der Waals surface area contributed by atoms with E-state index < -0.39 is 5.97 Å². The Kier molecular flexibility index (Phi) is 6.68. The highest BCUT2D eigenvalue weighted by Crippen LogP contribution is 2.02. The molecule has 17 heavy (non-hydrogen) atoms. The van der Waals surface area contributed by atoms with Gasteiger partial charge in [-0.25, -0.2) is 4.39 Å². The summed E-state index contributed by atoms with van der Waals surface area (Å²) in [4.78, 5) is 9.00. The third kappa shape index (κ3) is 8.55. The minimum Gasteiger partial charge on any atom is -0.481 e. The Morgan fingerprint density at radius 1 is 1.41 bits per heavy atom. The van der Waals surface area contributed by atoms with Crippen molar-refractivity contribution in [1.29, 1.82) is 0 Å². The van der Waals surface area contributed by atoms with Gasteiger partial charge in [-0.05, 0) is 6.07 Å². The molecule has 0 aliphatic carbocycles. The van der Waals surface area contributed by atoms with E-state index in [1.807, 2.05) is 0 Å². The van der Waals surface area contributed by atoms with Crippen LogP contribution in [-0.4, -0.2) is 23.2 Å². The zero-order valence-electron chi connectivity index (χ0n) is 9.17. The zero-order chi connectivity index (χ0) is 13.3. The van der Waals surface area contributed by atoms with Crippen molar-refractivity contribution in [2.75, 3.05) is 0 Å². The van der Waals surface area contributed by atoms with Crippen molar-refractivity contribution >= 4 is 18.1 Å². The van der Waals surface area contributed by atoms with Crippen LogP contribution in [0.3, 0.4) is 0 Å². The summed E-state index contributed by atoms with van der Waals surface area (Å²) in [5.74, 6) is -1.36. The standard InChI is InChI=1S/C8H9FN4.C2H4O2/c9-7-4-2-1-3-6(7)5-12-13-8(10)11;1-2(3)4/h1-5H,(H4,10,11,13);1H3,(H,3,4). The van der Waals surface area contributed by atoms with Gasteiger partial charge in [-0.15, -0.1) is 5.10 Å². The number of benzene rings is 1. The quantitative estimate of drug-likeness (QED) is 0.397. The highest BCUT2D eigenvalue weighted by Gasteiger charge is 1.94. The summed E-state index contributed by atoms with van der Waals surface area (Å²) in [6, 6.07) is 6.19. The van der Waals surface area contributed by atoms with Crippen molar-refractivity contribution in [3.63, 3.8) is 0 Å². The molecular weight excluding hydrogens is 227 g/mol. The van der Waals surface area contributed by atoms with Crippen LogP contribution in [-0.2, 0) is 4.79 Å². The molecule has 0 amide bonds. The van der Waals surface area contributed by atoms with Crippen molar-refractivity contribution in [2.24, 2.45) is 21.7 Å². The molecule has 0 aliphatic rings. The van der Waals surface area contributed by atoms with Gasteiger partial charge in [-0.1, -0.05) is 18.2 Å². The van der Waals surface area contributed by atoms with Gasteiger partial charge in [-0.2, -0.15) is 5.10 Å². The van der Waals surface area contributed by atoms with Crippen molar-refractivity contribution in [3.8, 4) is 0 Å². The summed E-state index contributed by atoms with van der Waals surface area (Å²) in [6.07, 6.45) is 1.25. The van der Waals surface area contributed by atoms with Crippen molar-refractivity contribution < 1.29 is 14.3 Å². The average molecular weight is 240 g/mol. The molecule has 6 nitrogen and oxygen atoms in total. The largest absolute Gasteiger partial charge is 0.481 e. The molecule has 5 N–H and O–H groups in total. The summed E-state index contributed by atoms with van der Waals surface area (Å²) in [5, 5.41) is 14.2. The molecule has 0 unspecified atom stereocenters. The Hall–Kier alpha value is -2.44. The Balaban J connectivity index is 0.000000557. The molecule has 1 aromatic rings. The first kappa shape index (κ1) is 14.6. The van der Waals surface area contributed by atoms with Crippen LogP contribution in [0.25, 0.3) is 0 Å². The molecule has 0 aromatic heterocycles. The number of hydrogen-bond acceptors (Lipinski definition) is 3. The van der Waals surface area contributed by atoms with Crippen LogP contribution in [0.4, 0.5) is 4.39 Å². The second-order valence-electron chi connectivity index (χ2n) is 2.81. The van der Waals surface area contributed by atoms with E-state index in [4.69, 9.17) is 21.4 Å². The van der Waals surface area contributed by atoms with Gasteiger partial charge in [0.25, 0.3) is 5.97 Å². The van der Waals surface area contributed by atoms with Gasteiger partial charge < -0.3 is 16.6 Å². The molecule has 0 fully saturated rings. The van der Waals surface area contributed by atoms with Gasteiger partial charge >= 0.3 is 0 Å². The number of nitrogens with zero attached hydrogens (tertiary/aromatic N) is 2. The summed E-state index contributed by atoms with van der Waals surface area (Å²) < 4.78 is 12.9. The molecule has 0 heterocycles. The molecule has 0 saturated carbocycles. The number of rotatable bonds is 2. The van der Waals surface area contributed by atoms with Crippen LogP contribution in [0.15, 0.2) is 34.5 Å². The number of carboxylic acid groups (broad SMARTS) is 1. The molecule has 0 atom stereocenters. The van der Waals surface area contributed by atoms with Gasteiger partial charge in [0.2, 0.25) is 5.96 Å². The second-order valence-corrected chi connectivity index (χ2v) is 2.81. The fourth-order valence-electron chi connectivity index (χ4n) is 0.738. The number of aliphatic carboxylic acids is 1. The minimum atomic E-state index is -0.833. The van der Waals surface area contributed by atoms with E-state index in [9.17, 15) is 4.39 Å². The maximum Gasteiger partial charge on any atom is 0.300 e. The van der Waals surface area contributed by atoms with E-state index >= 15 is 0 Å². The highest BCUT2D eigenvalue weighted by atomic mass is 19.1. The summed E-state index contributed by atoms with van der Waals surface area (Å²) in [5.41, 5.74) is 10.4. The molecule has 0 spiro atoms. The number of nitrogens with two attached hydrogens (primary N) is 2. The summed E-state index contributed by atoms with van der Waals surface area (Å²) >= 11 is 0. The van der Waals surface area contributed by atoms with Gasteiger partial charge in [0.1, 0.15) is 5.82 Å². The molecule has 0 radical (unpaired) electrons. The fraction of sp³-hybridized carbons (Fsp3) is 0.100. The third-order valence-corrected chi connectivity index (χ3v) is 1.28. The van der Waals surface area contributed by atoms with Crippen molar-refractivity contribution in [2.45, 2.75) is 6.92 Å². The predicted octanol–water partition coefficient (Wildman–Crippen LogP) is 0.524. The molecule has 7 heteroatoms. The van der Waals surface area contributed by atoms with Crippen LogP contribution in [0.5, 0.6) is 0 Å². The highest BCUT2D eigenvalue weighted by molar-refractivity contribution is 5.81. The normalized spacial score (nSPS) is 9.29. The molecular formula is C10H13FN4O2. The number of halogens is 1. The van der Waals surface area contributed by atoms with E-state index in [2.05, 4.69) is 10.2 Å². The Labute approximate surface area is 97.5 Å². The number of hydrogen-bond donors (Lipinski definition) is 3. The lowest BCUT2D eigenvalue weighted by molar-refractivity contribution is -0.134. The first-order chi connectivity index (χ1) is 7.93. The zero-order valence-corrected chi connectivity index (χ0v) is 9.17. The van der Waals surface area contributed by atoms with E-state index in [0.717, 1.165) is 6.92 Å². The van der Waals surface area contributed by atoms with Crippen molar-refractivity contribution in [3.05, 3.63) is 35.6 Å². The lowest BCUT2D eigenvalue weighted by Gasteiger charge is -1.92. The Morgan fingerprint density at radius 2 is 1.94 bits per heavy atom. The van der Waals surface area contributed by atoms with E-state index in [1.54, 1.807) is 18.2 Å². The summed E-state index contributed by atoms with van der Waals surface area (Å²) in [7, 11) is 0.